The zero-order valence-corrected chi connectivity index (χ0v) is 6.78. The van der Waals surface area contributed by atoms with Crippen molar-refractivity contribution in [2.75, 3.05) is 0 Å². The maximum atomic E-state index is 10.2. The van der Waals surface area contributed by atoms with Gasteiger partial charge in [0.1, 0.15) is 6.29 Å². The molecule has 12 heavy (non-hydrogen) atoms. The van der Waals surface area contributed by atoms with E-state index in [1.165, 1.54) is 18.2 Å². The smallest absolute Gasteiger partial charge is 0.299 e. The zero-order chi connectivity index (χ0) is 8.97. The van der Waals surface area contributed by atoms with E-state index >= 15 is 0 Å². The van der Waals surface area contributed by atoms with Crippen LogP contribution in [-0.2, 0) is 4.79 Å². The molecule has 0 N–H and O–H groups in total. The van der Waals surface area contributed by atoms with Crippen LogP contribution in [0.3, 0.4) is 0 Å². The molecule has 1 aromatic heterocycles. The number of rotatable bonds is 3. The van der Waals surface area contributed by atoms with Gasteiger partial charge >= 0.3 is 5.00 Å². The number of aldehydes is 1. The minimum Gasteiger partial charge on any atom is -0.299 e. The minimum absolute atomic E-state index is 0.0838. The summed E-state index contributed by atoms with van der Waals surface area (Å²) in [5, 5.41) is 11.9. The summed E-state index contributed by atoms with van der Waals surface area (Å²) in [5.74, 6) is 0. The number of hydrogen-bond acceptors (Lipinski definition) is 4. The first-order valence-electron chi connectivity index (χ1n) is 3.09. The van der Waals surface area contributed by atoms with Crippen molar-refractivity contribution >= 4 is 28.7 Å². The first-order chi connectivity index (χ1) is 5.74. The Hall–Kier alpha value is -1.49. The highest BCUT2D eigenvalue weighted by molar-refractivity contribution is 7.13. The van der Waals surface area contributed by atoms with Crippen LogP contribution < -0.4 is 0 Å². The normalized spacial score (nSPS) is 10.3. The monoisotopic (exact) mass is 183 g/mol. The summed E-state index contributed by atoms with van der Waals surface area (Å²) >= 11 is 1.04. The Morgan fingerprint density at radius 2 is 2.33 bits per heavy atom. The van der Waals surface area contributed by atoms with Crippen molar-refractivity contribution in [3.63, 3.8) is 0 Å². The fraction of sp³-hybridized carbons (Fsp3) is 0. The lowest BCUT2D eigenvalue weighted by atomic mass is 10.3. The molecule has 0 amide bonds. The summed E-state index contributed by atoms with van der Waals surface area (Å²) in [6.45, 7) is 0. The summed E-state index contributed by atoms with van der Waals surface area (Å²) in [7, 11) is 0. The van der Waals surface area contributed by atoms with Crippen LogP contribution in [0.1, 0.15) is 5.56 Å². The molecule has 0 aliphatic heterocycles. The highest BCUT2D eigenvalue weighted by Gasteiger charge is 2.06. The third-order valence-electron chi connectivity index (χ3n) is 1.15. The highest BCUT2D eigenvalue weighted by atomic mass is 32.1. The Balaban J connectivity index is 2.84. The van der Waals surface area contributed by atoms with Gasteiger partial charge in [-0.05, 0) is 11.6 Å². The summed E-state index contributed by atoms with van der Waals surface area (Å²) in [4.78, 5) is 19.7. The Morgan fingerprint density at radius 3 is 2.83 bits per heavy atom. The van der Waals surface area contributed by atoms with E-state index in [2.05, 4.69) is 0 Å². The second-order valence-corrected chi connectivity index (χ2v) is 2.86. The predicted octanol–water partition coefficient (Wildman–Crippen LogP) is 1.87. The van der Waals surface area contributed by atoms with Crippen LogP contribution in [0.4, 0.5) is 5.00 Å². The van der Waals surface area contributed by atoms with E-state index in [-0.39, 0.29) is 5.00 Å². The molecule has 0 unspecified atom stereocenters. The van der Waals surface area contributed by atoms with Gasteiger partial charge in [-0.15, -0.1) is 0 Å². The van der Waals surface area contributed by atoms with Crippen molar-refractivity contribution in [1.29, 1.82) is 0 Å². The first kappa shape index (κ1) is 8.61. The zero-order valence-electron chi connectivity index (χ0n) is 5.97. The Kier molecular flexibility index (Phi) is 2.71. The molecule has 0 atom stereocenters. The summed E-state index contributed by atoms with van der Waals surface area (Å²) in [5.41, 5.74) is 0.679. The van der Waals surface area contributed by atoms with Gasteiger partial charge in [-0.2, -0.15) is 0 Å². The summed E-state index contributed by atoms with van der Waals surface area (Å²) < 4.78 is 0. The third-order valence-corrected chi connectivity index (χ3v) is 2.05. The summed E-state index contributed by atoms with van der Waals surface area (Å²) in [6.07, 6.45) is 3.45. The Morgan fingerprint density at radius 1 is 1.58 bits per heavy atom. The molecule has 1 aromatic rings. The molecule has 62 valence electrons. The number of nitro groups is 1. The molecule has 0 fully saturated rings. The third kappa shape index (κ3) is 2.00. The number of carbonyl (C=O) groups is 1. The number of hydrogen-bond donors (Lipinski definition) is 0. The van der Waals surface area contributed by atoms with Gasteiger partial charge in [0.2, 0.25) is 0 Å². The summed E-state index contributed by atoms with van der Waals surface area (Å²) in [6, 6.07) is 1.42. The Bertz CT molecular complexity index is 329. The second kappa shape index (κ2) is 3.77. The number of allylic oxidation sites excluding steroid dienone is 1. The lowest BCUT2D eigenvalue weighted by Gasteiger charge is -1.79. The van der Waals surface area contributed by atoms with Crippen LogP contribution >= 0.6 is 11.3 Å². The van der Waals surface area contributed by atoms with Gasteiger partial charge in [-0.25, -0.2) is 0 Å². The van der Waals surface area contributed by atoms with Gasteiger partial charge in [0.05, 0.1) is 4.92 Å². The second-order valence-electron chi connectivity index (χ2n) is 1.97. The number of thiophene rings is 1. The van der Waals surface area contributed by atoms with E-state index < -0.39 is 4.92 Å². The van der Waals surface area contributed by atoms with E-state index in [0.29, 0.717) is 11.8 Å². The Labute approximate surface area is 72.3 Å². The van der Waals surface area contributed by atoms with Gasteiger partial charge < -0.3 is 0 Å². The minimum atomic E-state index is -0.455. The number of carbonyl (C=O) groups excluding carboxylic acids is 1. The SMILES string of the molecule is O=CC=Cc1csc([N+](=O)[O-])c1. The predicted molar refractivity (Wildman–Crippen MR) is 46.1 cm³/mol. The fourth-order valence-corrected chi connectivity index (χ4v) is 1.37. The molecule has 0 saturated heterocycles. The number of nitrogens with zero attached hydrogens (tertiary/aromatic N) is 1. The van der Waals surface area contributed by atoms with E-state index in [1.807, 2.05) is 0 Å². The van der Waals surface area contributed by atoms with Crippen molar-refractivity contribution < 1.29 is 9.72 Å². The van der Waals surface area contributed by atoms with Crippen molar-refractivity contribution in [1.82, 2.24) is 0 Å². The van der Waals surface area contributed by atoms with E-state index in [4.69, 9.17) is 0 Å². The molecular weight excluding hydrogens is 178 g/mol. The molecule has 0 aliphatic rings. The lowest BCUT2D eigenvalue weighted by molar-refractivity contribution is -0.380. The maximum absolute atomic E-state index is 10.2. The van der Waals surface area contributed by atoms with Crippen molar-refractivity contribution in [2.45, 2.75) is 0 Å². The molecule has 1 rings (SSSR count). The maximum Gasteiger partial charge on any atom is 0.324 e. The van der Waals surface area contributed by atoms with Crippen LogP contribution in [0, 0.1) is 10.1 Å². The van der Waals surface area contributed by atoms with Gasteiger partial charge in [0, 0.05) is 11.4 Å². The molecule has 1 heterocycles. The van der Waals surface area contributed by atoms with Crippen LogP contribution in [0.2, 0.25) is 0 Å². The van der Waals surface area contributed by atoms with E-state index in [9.17, 15) is 14.9 Å². The molecule has 0 spiro atoms. The van der Waals surface area contributed by atoms with Crippen molar-refractivity contribution in [3.05, 3.63) is 33.2 Å². The molecule has 4 nitrogen and oxygen atoms in total. The van der Waals surface area contributed by atoms with Crippen LogP contribution in [0.15, 0.2) is 17.5 Å². The molecular formula is C7H5NO3S. The largest absolute Gasteiger partial charge is 0.324 e. The first-order valence-corrected chi connectivity index (χ1v) is 3.97. The van der Waals surface area contributed by atoms with Gasteiger partial charge in [0.15, 0.2) is 0 Å². The average Bonchev–Trinajstić information content (AvgIpc) is 2.48. The quantitative estimate of drug-likeness (QED) is 0.311. The lowest BCUT2D eigenvalue weighted by Crippen LogP contribution is -1.80. The standard InChI is InChI=1S/C7H5NO3S/c9-3-1-2-6-4-7(8(10)11)12-5-6/h1-5H. The van der Waals surface area contributed by atoms with Gasteiger partial charge in [0.25, 0.3) is 0 Å². The van der Waals surface area contributed by atoms with Crippen molar-refractivity contribution in [3.8, 4) is 0 Å². The van der Waals surface area contributed by atoms with Crippen molar-refractivity contribution in [2.24, 2.45) is 0 Å². The fourth-order valence-electron chi connectivity index (χ4n) is 0.673. The van der Waals surface area contributed by atoms with Gasteiger partial charge in [-0.1, -0.05) is 17.4 Å². The van der Waals surface area contributed by atoms with Crippen LogP contribution in [0.5, 0.6) is 0 Å². The highest BCUT2D eigenvalue weighted by Crippen LogP contribution is 2.22. The topological polar surface area (TPSA) is 60.2 Å². The van der Waals surface area contributed by atoms with Gasteiger partial charge in [-0.3, -0.25) is 14.9 Å². The van der Waals surface area contributed by atoms with E-state index in [0.717, 1.165) is 11.3 Å². The molecule has 0 aliphatic carbocycles. The average molecular weight is 183 g/mol. The molecule has 5 heteroatoms. The molecule has 0 radical (unpaired) electrons. The van der Waals surface area contributed by atoms with Crippen LogP contribution in [-0.4, -0.2) is 11.2 Å². The molecule has 0 saturated carbocycles. The molecule has 0 bridgehead atoms. The molecule has 0 aromatic carbocycles. The van der Waals surface area contributed by atoms with E-state index in [1.54, 1.807) is 5.38 Å². The van der Waals surface area contributed by atoms with Crippen LogP contribution in [0.25, 0.3) is 6.08 Å².